The first kappa shape index (κ1) is 36.4. The van der Waals surface area contributed by atoms with Gasteiger partial charge in [-0.1, -0.05) is 101 Å². The lowest BCUT2D eigenvalue weighted by Gasteiger charge is -2.35. The van der Waals surface area contributed by atoms with E-state index in [4.69, 9.17) is 16.3 Å². The number of carbonyl (C=O) groups excluding carboxylic acids is 2. The lowest BCUT2D eigenvalue weighted by atomic mass is 9.94. The molecule has 8 nitrogen and oxygen atoms in total. The number of sulfonamides is 1. The van der Waals surface area contributed by atoms with E-state index in [2.05, 4.69) is 21.2 Å². The Balaban J connectivity index is 1.59. The first-order valence-corrected chi connectivity index (χ1v) is 19.1. The standard InChI is InChI=1S/C38H41BrClN3O5S/c1-2-48-36-16-10-9-15-34(36)43(49(46,47)33-23-21-31(40)22-24-33)27-37(44)42(26-29-17-19-30(39)20-18-29)35(25-28-11-5-3-6-12-28)38(45)41-32-13-7-4-8-14-32/h3,5-6,9-12,15-24,32,35H,2,4,7-8,13-14,25-27H2,1H3,(H,41,45)/t35-/m0/s1. The molecule has 0 unspecified atom stereocenters. The summed E-state index contributed by atoms with van der Waals surface area (Å²) in [5, 5.41) is 3.62. The molecule has 0 aliphatic heterocycles. The second-order valence-corrected chi connectivity index (χ2v) is 15.3. The zero-order chi connectivity index (χ0) is 34.8. The van der Waals surface area contributed by atoms with Gasteiger partial charge in [0, 0.05) is 28.5 Å². The minimum Gasteiger partial charge on any atom is -0.492 e. The van der Waals surface area contributed by atoms with Crippen LogP contribution in [0.15, 0.2) is 112 Å². The van der Waals surface area contributed by atoms with Crippen molar-refractivity contribution in [3.05, 3.63) is 124 Å². The van der Waals surface area contributed by atoms with Gasteiger partial charge in [-0.05, 0) is 79.4 Å². The number of para-hydroxylation sites is 2. The van der Waals surface area contributed by atoms with Crippen molar-refractivity contribution in [3.8, 4) is 5.75 Å². The highest BCUT2D eigenvalue weighted by atomic mass is 79.9. The highest BCUT2D eigenvalue weighted by Gasteiger charge is 2.36. The maximum atomic E-state index is 14.8. The maximum Gasteiger partial charge on any atom is 0.264 e. The van der Waals surface area contributed by atoms with Gasteiger partial charge in [-0.25, -0.2) is 8.42 Å². The zero-order valence-corrected chi connectivity index (χ0v) is 30.6. The van der Waals surface area contributed by atoms with Crippen LogP contribution in [0.5, 0.6) is 5.75 Å². The van der Waals surface area contributed by atoms with Gasteiger partial charge in [-0.15, -0.1) is 0 Å². The van der Waals surface area contributed by atoms with Gasteiger partial charge < -0.3 is 15.0 Å². The lowest BCUT2D eigenvalue weighted by Crippen LogP contribution is -2.55. The normalized spacial score (nSPS) is 14.1. The highest BCUT2D eigenvalue weighted by Crippen LogP contribution is 2.33. The number of hydrogen-bond donors (Lipinski definition) is 1. The first-order chi connectivity index (χ1) is 23.7. The summed E-state index contributed by atoms with van der Waals surface area (Å²) in [5.41, 5.74) is 1.89. The highest BCUT2D eigenvalue weighted by molar-refractivity contribution is 9.10. The fraction of sp³-hybridized carbons (Fsp3) is 0.316. The Kier molecular flexibility index (Phi) is 12.8. The molecular formula is C38H41BrClN3O5S. The molecule has 0 spiro atoms. The zero-order valence-electron chi connectivity index (χ0n) is 27.4. The van der Waals surface area contributed by atoms with Gasteiger partial charge in [0.05, 0.1) is 17.2 Å². The van der Waals surface area contributed by atoms with E-state index in [9.17, 15) is 18.0 Å². The lowest BCUT2D eigenvalue weighted by molar-refractivity contribution is -0.140. The van der Waals surface area contributed by atoms with Crippen molar-refractivity contribution >= 4 is 55.1 Å². The molecule has 1 atom stereocenters. The third-order valence-electron chi connectivity index (χ3n) is 8.60. The van der Waals surface area contributed by atoms with E-state index in [0.717, 1.165) is 52.0 Å². The number of ether oxygens (including phenoxy) is 1. The fourth-order valence-electron chi connectivity index (χ4n) is 6.07. The van der Waals surface area contributed by atoms with E-state index in [1.165, 1.54) is 29.2 Å². The van der Waals surface area contributed by atoms with Crippen molar-refractivity contribution < 1.29 is 22.7 Å². The van der Waals surface area contributed by atoms with Gasteiger partial charge in [-0.3, -0.25) is 13.9 Å². The van der Waals surface area contributed by atoms with Crippen LogP contribution in [0.2, 0.25) is 5.02 Å². The Morgan fingerprint density at radius 1 is 0.878 bits per heavy atom. The summed E-state index contributed by atoms with van der Waals surface area (Å²) in [6, 6.07) is 28.7. The predicted octanol–water partition coefficient (Wildman–Crippen LogP) is 7.79. The number of benzene rings is 4. The maximum absolute atomic E-state index is 14.8. The Hall–Kier alpha value is -3.86. The van der Waals surface area contributed by atoms with Crippen LogP contribution in [0.4, 0.5) is 5.69 Å². The number of amides is 2. The summed E-state index contributed by atoms with van der Waals surface area (Å²) in [7, 11) is -4.31. The molecule has 0 saturated heterocycles. The predicted molar refractivity (Wildman–Crippen MR) is 197 cm³/mol. The molecule has 4 aromatic carbocycles. The fourth-order valence-corrected chi connectivity index (χ4v) is 7.89. The van der Waals surface area contributed by atoms with Gasteiger partial charge in [0.15, 0.2) is 0 Å². The molecule has 4 aromatic rings. The number of hydrogen-bond acceptors (Lipinski definition) is 5. The van der Waals surface area contributed by atoms with Crippen molar-refractivity contribution in [2.45, 2.75) is 69.0 Å². The average molecular weight is 767 g/mol. The van der Waals surface area contributed by atoms with E-state index in [1.807, 2.05) is 54.6 Å². The molecule has 1 fully saturated rings. The largest absolute Gasteiger partial charge is 0.492 e. The van der Waals surface area contributed by atoms with E-state index >= 15 is 0 Å². The van der Waals surface area contributed by atoms with Crippen molar-refractivity contribution in [1.29, 1.82) is 0 Å². The van der Waals surface area contributed by atoms with Crippen molar-refractivity contribution in [1.82, 2.24) is 10.2 Å². The van der Waals surface area contributed by atoms with Crippen LogP contribution in [0.1, 0.15) is 50.2 Å². The molecule has 0 radical (unpaired) electrons. The average Bonchev–Trinajstić information content (AvgIpc) is 3.11. The van der Waals surface area contributed by atoms with Crippen LogP contribution in [-0.4, -0.2) is 50.4 Å². The number of rotatable bonds is 14. The van der Waals surface area contributed by atoms with Crippen LogP contribution in [0.3, 0.4) is 0 Å². The number of halogens is 2. The van der Waals surface area contributed by atoms with Crippen LogP contribution >= 0.6 is 27.5 Å². The summed E-state index contributed by atoms with van der Waals surface area (Å²) in [4.78, 5) is 30.6. The Morgan fingerprint density at radius 2 is 1.53 bits per heavy atom. The Bertz CT molecular complexity index is 1800. The van der Waals surface area contributed by atoms with Gasteiger partial charge in [0.1, 0.15) is 18.3 Å². The molecule has 0 aromatic heterocycles. The number of carbonyl (C=O) groups is 2. The summed E-state index contributed by atoms with van der Waals surface area (Å²) >= 11 is 9.59. The second-order valence-electron chi connectivity index (χ2n) is 12.1. The van der Waals surface area contributed by atoms with Crippen LogP contribution < -0.4 is 14.4 Å². The summed E-state index contributed by atoms with van der Waals surface area (Å²) < 4.78 is 36.6. The van der Waals surface area contributed by atoms with Gasteiger partial charge >= 0.3 is 0 Å². The first-order valence-electron chi connectivity index (χ1n) is 16.5. The van der Waals surface area contributed by atoms with E-state index < -0.39 is 28.5 Å². The van der Waals surface area contributed by atoms with E-state index in [0.29, 0.717) is 10.8 Å². The molecule has 2 amide bonds. The molecule has 0 heterocycles. The molecule has 1 N–H and O–H groups in total. The molecule has 0 bridgehead atoms. The van der Waals surface area contributed by atoms with E-state index in [1.54, 1.807) is 31.2 Å². The third-order valence-corrected chi connectivity index (χ3v) is 11.2. The monoisotopic (exact) mass is 765 g/mol. The topological polar surface area (TPSA) is 96.0 Å². The molecule has 258 valence electrons. The van der Waals surface area contributed by atoms with Gasteiger partial charge in [0.25, 0.3) is 10.0 Å². The number of nitrogens with zero attached hydrogens (tertiary/aromatic N) is 2. The molecule has 1 aliphatic rings. The quantitative estimate of drug-likeness (QED) is 0.142. The second kappa shape index (κ2) is 17.2. The molecular weight excluding hydrogens is 726 g/mol. The number of nitrogens with one attached hydrogen (secondary N) is 1. The van der Waals surface area contributed by atoms with Crippen molar-refractivity contribution in [2.24, 2.45) is 0 Å². The minimum absolute atomic E-state index is 0.0176. The minimum atomic E-state index is -4.31. The van der Waals surface area contributed by atoms with E-state index in [-0.39, 0.29) is 42.1 Å². The summed E-state index contributed by atoms with van der Waals surface area (Å²) in [5.74, 6) is -0.486. The Morgan fingerprint density at radius 3 is 2.20 bits per heavy atom. The van der Waals surface area contributed by atoms with Crippen LogP contribution in [0.25, 0.3) is 0 Å². The third kappa shape index (κ3) is 9.65. The van der Waals surface area contributed by atoms with Crippen LogP contribution in [0, 0.1) is 0 Å². The van der Waals surface area contributed by atoms with Crippen molar-refractivity contribution in [3.63, 3.8) is 0 Å². The molecule has 1 aliphatic carbocycles. The van der Waals surface area contributed by atoms with Gasteiger partial charge in [-0.2, -0.15) is 0 Å². The Labute approximate surface area is 302 Å². The molecule has 49 heavy (non-hydrogen) atoms. The van der Waals surface area contributed by atoms with Gasteiger partial charge in [0.2, 0.25) is 11.8 Å². The van der Waals surface area contributed by atoms with Crippen LogP contribution in [-0.2, 0) is 32.6 Å². The SMILES string of the molecule is CCOc1ccccc1N(CC(=O)N(Cc1ccc(Br)cc1)[C@@H](Cc1ccccc1)C(=O)NC1CCCCC1)S(=O)(=O)c1ccc(Cl)cc1. The molecule has 11 heteroatoms. The number of anilines is 1. The summed E-state index contributed by atoms with van der Waals surface area (Å²) in [6.07, 6.45) is 5.22. The summed E-state index contributed by atoms with van der Waals surface area (Å²) in [6.45, 7) is 1.60. The molecule has 5 rings (SSSR count). The molecule has 1 saturated carbocycles. The van der Waals surface area contributed by atoms with Crippen molar-refractivity contribution in [2.75, 3.05) is 17.5 Å². The smallest absolute Gasteiger partial charge is 0.264 e.